The summed E-state index contributed by atoms with van der Waals surface area (Å²) in [5, 5.41) is 2.45. The summed E-state index contributed by atoms with van der Waals surface area (Å²) in [6, 6.07) is 0.132. The van der Waals surface area contributed by atoms with Crippen molar-refractivity contribution < 1.29 is 28.6 Å². The van der Waals surface area contributed by atoms with Gasteiger partial charge in [-0.1, -0.05) is 0 Å². The number of amides is 3. The molecule has 9 heteroatoms. The third-order valence-corrected chi connectivity index (χ3v) is 5.20. The number of ether oxygens (including phenoxy) is 3. The van der Waals surface area contributed by atoms with Crippen LogP contribution in [0, 0.1) is 5.92 Å². The first kappa shape index (κ1) is 21.4. The fraction of sp³-hybridized carbons (Fsp3) is 0.833. The summed E-state index contributed by atoms with van der Waals surface area (Å²) in [5.74, 6) is 0.288. The van der Waals surface area contributed by atoms with Crippen molar-refractivity contribution in [2.24, 2.45) is 5.92 Å². The van der Waals surface area contributed by atoms with E-state index in [1.165, 1.54) is 7.11 Å². The van der Waals surface area contributed by atoms with Crippen LogP contribution in [0.5, 0.6) is 0 Å². The van der Waals surface area contributed by atoms with E-state index in [0.717, 1.165) is 19.3 Å². The van der Waals surface area contributed by atoms with Gasteiger partial charge in [0.15, 0.2) is 0 Å². The van der Waals surface area contributed by atoms with E-state index < -0.39 is 6.09 Å². The Morgan fingerprint density at radius 1 is 1.04 bits per heavy atom. The van der Waals surface area contributed by atoms with Crippen molar-refractivity contribution in [3.8, 4) is 0 Å². The van der Waals surface area contributed by atoms with Gasteiger partial charge in [-0.15, -0.1) is 0 Å². The topological polar surface area (TPSA) is 97.4 Å². The summed E-state index contributed by atoms with van der Waals surface area (Å²) in [7, 11) is 2.88. The second-order valence-corrected chi connectivity index (χ2v) is 6.89. The number of methoxy groups -OCH3 is 2. The number of nitrogens with one attached hydrogen (secondary N) is 1. The van der Waals surface area contributed by atoms with Crippen LogP contribution in [0.3, 0.4) is 0 Å². The van der Waals surface area contributed by atoms with Crippen molar-refractivity contribution >= 4 is 17.9 Å². The number of piperidine rings is 2. The normalized spacial score (nSPS) is 22.1. The maximum atomic E-state index is 12.5. The Morgan fingerprint density at radius 2 is 1.85 bits per heavy atom. The smallest absolute Gasteiger partial charge is 0.407 e. The molecule has 2 aliphatic heterocycles. The highest BCUT2D eigenvalue weighted by molar-refractivity contribution is 5.82. The highest BCUT2D eigenvalue weighted by Crippen LogP contribution is 2.30. The van der Waals surface area contributed by atoms with E-state index in [2.05, 4.69) is 10.1 Å². The molecule has 1 N–H and O–H groups in total. The van der Waals surface area contributed by atoms with Crippen LogP contribution in [0.25, 0.3) is 0 Å². The van der Waals surface area contributed by atoms with Gasteiger partial charge in [-0.05, 0) is 25.2 Å². The number of rotatable bonds is 8. The molecule has 0 spiro atoms. The van der Waals surface area contributed by atoms with Gasteiger partial charge in [-0.3, -0.25) is 9.59 Å². The van der Waals surface area contributed by atoms with Crippen LogP contribution in [0.15, 0.2) is 0 Å². The molecule has 2 fully saturated rings. The average molecular weight is 385 g/mol. The summed E-state index contributed by atoms with van der Waals surface area (Å²) in [6.45, 7) is 3.38. The Kier molecular flexibility index (Phi) is 8.80. The van der Waals surface area contributed by atoms with E-state index in [0.29, 0.717) is 45.9 Å². The van der Waals surface area contributed by atoms with Gasteiger partial charge in [0.1, 0.15) is 6.54 Å². The van der Waals surface area contributed by atoms with Crippen molar-refractivity contribution in [2.75, 3.05) is 60.2 Å². The van der Waals surface area contributed by atoms with Crippen LogP contribution in [-0.4, -0.2) is 94.0 Å². The van der Waals surface area contributed by atoms with Crippen molar-refractivity contribution in [1.82, 2.24) is 15.1 Å². The molecule has 0 aromatic heterocycles. The van der Waals surface area contributed by atoms with Crippen molar-refractivity contribution in [3.63, 3.8) is 0 Å². The molecule has 0 saturated carbocycles. The fourth-order valence-electron chi connectivity index (χ4n) is 3.82. The lowest BCUT2D eigenvalue weighted by Gasteiger charge is -2.47. The van der Waals surface area contributed by atoms with Crippen LogP contribution in [-0.2, 0) is 23.8 Å². The molecule has 2 atom stereocenters. The van der Waals surface area contributed by atoms with E-state index in [-0.39, 0.29) is 30.3 Å². The van der Waals surface area contributed by atoms with E-state index in [1.54, 1.807) is 7.11 Å². The Balaban J connectivity index is 1.79. The molecular weight excluding hydrogens is 354 g/mol. The lowest BCUT2D eigenvalue weighted by atomic mass is 9.83. The molecule has 0 bridgehead atoms. The summed E-state index contributed by atoms with van der Waals surface area (Å²) < 4.78 is 14.8. The van der Waals surface area contributed by atoms with Gasteiger partial charge in [0.25, 0.3) is 0 Å². The highest BCUT2D eigenvalue weighted by atomic mass is 16.5. The van der Waals surface area contributed by atoms with Gasteiger partial charge >= 0.3 is 6.09 Å². The van der Waals surface area contributed by atoms with Gasteiger partial charge in [-0.25, -0.2) is 4.79 Å². The number of alkyl carbamates (subject to hydrolysis) is 1. The molecule has 2 rings (SSSR count). The quantitative estimate of drug-likeness (QED) is 0.601. The van der Waals surface area contributed by atoms with Crippen molar-refractivity contribution in [1.29, 1.82) is 0 Å². The number of fused-ring (bicyclic) bond motifs is 1. The van der Waals surface area contributed by atoms with E-state index in [4.69, 9.17) is 9.47 Å². The third-order valence-electron chi connectivity index (χ3n) is 5.20. The molecule has 2 saturated heterocycles. The molecule has 9 nitrogen and oxygen atoms in total. The summed E-state index contributed by atoms with van der Waals surface area (Å²) >= 11 is 0. The molecule has 0 radical (unpaired) electrons. The number of nitrogens with zero attached hydrogens (tertiary/aromatic N) is 2. The Morgan fingerprint density at radius 3 is 2.59 bits per heavy atom. The fourth-order valence-corrected chi connectivity index (χ4v) is 3.82. The molecule has 27 heavy (non-hydrogen) atoms. The SMILES string of the molecule is COCCOCCC(=O)N1CCC2C(CCCN2C(=O)CNC(=O)OC)C1. The van der Waals surface area contributed by atoms with Gasteiger partial charge in [0.05, 0.1) is 33.4 Å². The Bertz CT molecular complexity index is 515. The van der Waals surface area contributed by atoms with Gasteiger partial charge in [0, 0.05) is 32.8 Å². The van der Waals surface area contributed by atoms with Gasteiger partial charge < -0.3 is 29.3 Å². The minimum Gasteiger partial charge on any atom is -0.453 e. The average Bonchev–Trinajstić information content (AvgIpc) is 2.70. The molecule has 2 aliphatic rings. The van der Waals surface area contributed by atoms with Crippen molar-refractivity contribution in [2.45, 2.75) is 31.7 Å². The first-order chi connectivity index (χ1) is 13.1. The number of hydrogen-bond donors (Lipinski definition) is 1. The molecule has 154 valence electrons. The van der Waals surface area contributed by atoms with Gasteiger partial charge in [-0.2, -0.15) is 0 Å². The van der Waals surface area contributed by atoms with Crippen LogP contribution < -0.4 is 5.32 Å². The van der Waals surface area contributed by atoms with Crippen LogP contribution in [0.2, 0.25) is 0 Å². The van der Waals surface area contributed by atoms with E-state index >= 15 is 0 Å². The minimum absolute atomic E-state index is 0.0582. The zero-order valence-electron chi connectivity index (χ0n) is 16.3. The second-order valence-electron chi connectivity index (χ2n) is 6.89. The predicted octanol–water partition coefficient (Wildman–Crippen LogP) is 0.235. The summed E-state index contributed by atoms with van der Waals surface area (Å²) in [4.78, 5) is 39.8. The lowest BCUT2D eigenvalue weighted by Crippen LogP contribution is -2.58. The molecule has 0 aromatic carbocycles. The second kappa shape index (κ2) is 11.1. The Hall–Kier alpha value is -1.87. The van der Waals surface area contributed by atoms with Crippen molar-refractivity contribution in [3.05, 3.63) is 0 Å². The number of hydrogen-bond acceptors (Lipinski definition) is 6. The zero-order chi connectivity index (χ0) is 19.6. The first-order valence-electron chi connectivity index (χ1n) is 9.52. The minimum atomic E-state index is -0.606. The maximum Gasteiger partial charge on any atom is 0.407 e. The molecule has 2 unspecified atom stereocenters. The maximum absolute atomic E-state index is 12.5. The largest absolute Gasteiger partial charge is 0.453 e. The van der Waals surface area contributed by atoms with E-state index in [1.807, 2.05) is 9.80 Å². The summed E-state index contributed by atoms with van der Waals surface area (Å²) in [6.07, 6.45) is 2.45. The van der Waals surface area contributed by atoms with Crippen LogP contribution >= 0.6 is 0 Å². The van der Waals surface area contributed by atoms with Gasteiger partial charge in [0.2, 0.25) is 11.8 Å². The number of likely N-dealkylation sites (tertiary alicyclic amines) is 2. The predicted molar refractivity (Wildman–Crippen MR) is 97.1 cm³/mol. The molecule has 3 amide bonds. The molecule has 0 aliphatic carbocycles. The monoisotopic (exact) mass is 385 g/mol. The standard InChI is InChI=1S/C18H31N3O6/c1-25-10-11-27-9-6-16(22)20-8-5-15-14(13-20)4-3-7-21(15)17(23)12-19-18(24)26-2/h14-15H,3-13H2,1-2H3,(H,19,24). The molecule has 2 heterocycles. The number of carbonyl (C=O) groups is 3. The lowest BCUT2D eigenvalue weighted by molar-refractivity contribution is -0.141. The zero-order valence-corrected chi connectivity index (χ0v) is 16.3. The third kappa shape index (κ3) is 6.35. The number of carbonyl (C=O) groups excluding carboxylic acids is 3. The van der Waals surface area contributed by atoms with E-state index in [9.17, 15) is 14.4 Å². The van der Waals surface area contributed by atoms with Crippen LogP contribution in [0.1, 0.15) is 25.7 Å². The Labute approximate surface area is 160 Å². The van der Waals surface area contributed by atoms with Crippen LogP contribution in [0.4, 0.5) is 4.79 Å². The molecular formula is C18H31N3O6. The first-order valence-corrected chi connectivity index (χ1v) is 9.52. The highest BCUT2D eigenvalue weighted by Gasteiger charge is 2.39. The summed E-state index contributed by atoms with van der Waals surface area (Å²) in [5.41, 5.74) is 0. The molecule has 0 aromatic rings.